The van der Waals surface area contributed by atoms with Crippen LogP contribution >= 0.6 is 0 Å². The molecule has 1 saturated carbocycles. The molecule has 1 aromatic carbocycles. The van der Waals surface area contributed by atoms with E-state index in [1.165, 1.54) is 11.1 Å². The molecule has 1 fully saturated rings. The van der Waals surface area contributed by atoms with Gasteiger partial charge in [0.1, 0.15) is 0 Å². The Morgan fingerprint density at radius 1 is 1.32 bits per heavy atom. The Labute approximate surface area is 134 Å². The third-order valence-corrected chi connectivity index (χ3v) is 4.58. The zero-order chi connectivity index (χ0) is 16.2. The average molecular weight is 304 g/mol. The molecule has 0 bridgehead atoms. The minimum absolute atomic E-state index is 0.0477. The zero-order valence-electron chi connectivity index (χ0n) is 14.2. The van der Waals surface area contributed by atoms with Gasteiger partial charge < -0.3 is 9.47 Å². The normalized spacial score (nSPS) is 24.7. The summed E-state index contributed by atoms with van der Waals surface area (Å²) in [5.74, 6) is 0.258. The molecule has 2 unspecified atom stereocenters. The number of hydrogen-bond donors (Lipinski definition) is 0. The van der Waals surface area contributed by atoms with Crippen LogP contribution in [0.25, 0.3) is 0 Å². The third-order valence-electron chi connectivity index (χ3n) is 4.58. The van der Waals surface area contributed by atoms with Crippen molar-refractivity contribution in [2.24, 2.45) is 11.3 Å². The number of ether oxygens (including phenoxy) is 2. The van der Waals surface area contributed by atoms with Gasteiger partial charge in [0, 0.05) is 7.11 Å². The highest BCUT2D eigenvalue weighted by molar-refractivity contribution is 5.78. The molecule has 3 nitrogen and oxygen atoms in total. The molecule has 0 amide bonds. The Hall–Kier alpha value is -1.35. The van der Waals surface area contributed by atoms with E-state index in [1.54, 1.807) is 7.11 Å². The van der Waals surface area contributed by atoms with Gasteiger partial charge in [-0.05, 0) is 44.1 Å². The maximum Gasteiger partial charge on any atom is 0.315 e. The van der Waals surface area contributed by atoms with Gasteiger partial charge in [-0.3, -0.25) is 4.79 Å². The zero-order valence-corrected chi connectivity index (χ0v) is 14.2. The Bertz CT molecular complexity index is 492. The molecule has 2 rings (SSSR count). The number of methoxy groups -OCH3 is 1. The van der Waals surface area contributed by atoms with Crippen molar-refractivity contribution < 1.29 is 14.3 Å². The van der Waals surface area contributed by atoms with Crippen molar-refractivity contribution in [2.45, 2.75) is 52.6 Å². The molecular formula is C19H28O3. The minimum Gasteiger partial charge on any atom is -0.465 e. The molecule has 0 radical (unpaired) electrons. The third kappa shape index (κ3) is 3.70. The quantitative estimate of drug-likeness (QED) is 0.747. The molecule has 122 valence electrons. The molecule has 3 heteroatoms. The number of aryl methyl sites for hydroxylation is 1. The summed E-state index contributed by atoms with van der Waals surface area (Å²) in [7, 11) is 1.70. The molecule has 0 saturated heterocycles. The van der Waals surface area contributed by atoms with E-state index in [9.17, 15) is 4.79 Å². The van der Waals surface area contributed by atoms with Crippen LogP contribution in [0.1, 0.15) is 44.2 Å². The molecule has 1 aromatic rings. The smallest absolute Gasteiger partial charge is 0.315 e. The van der Waals surface area contributed by atoms with Crippen LogP contribution in [0.3, 0.4) is 0 Å². The first-order valence-electron chi connectivity index (χ1n) is 8.23. The predicted octanol–water partition coefficient (Wildman–Crippen LogP) is 3.92. The lowest BCUT2D eigenvalue weighted by molar-refractivity contribution is -0.164. The highest BCUT2D eigenvalue weighted by atomic mass is 16.5. The van der Waals surface area contributed by atoms with E-state index < -0.39 is 5.41 Å². The van der Waals surface area contributed by atoms with Gasteiger partial charge in [-0.2, -0.15) is 0 Å². The van der Waals surface area contributed by atoms with E-state index in [1.807, 2.05) is 0 Å². The second-order valence-electron chi connectivity index (χ2n) is 6.93. The van der Waals surface area contributed by atoms with Crippen molar-refractivity contribution in [3.05, 3.63) is 35.4 Å². The summed E-state index contributed by atoms with van der Waals surface area (Å²) < 4.78 is 11.2. The Balaban J connectivity index is 2.21. The van der Waals surface area contributed by atoms with Crippen LogP contribution in [-0.4, -0.2) is 25.8 Å². The Morgan fingerprint density at radius 2 is 2.00 bits per heavy atom. The standard InChI is InChI=1S/C19H28O3/c1-14(2)13-22-18(20)19(11-5-6-17(19)21-4)12-16-9-7-15(3)8-10-16/h7-10,14,17H,5-6,11-13H2,1-4H3. The molecule has 2 atom stereocenters. The van der Waals surface area contributed by atoms with Gasteiger partial charge in [0.15, 0.2) is 0 Å². The van der Waals surface area contributed by atoms with Crippen LogP contribution in [0, 0.1) is 18.3 Å². The summed E-state index contributed by atoms with van der Waals surface area (Å²) in [6.07, 6.45) is 3.44. The first kappa shape index (κ1) is 17.0. The van der Waals surface area contributed by atoms with Crippen LogP contribution in [0.5, 0.6) is 0 Å². The molecule has 1 aliphatic rings. The fraction of sp³-hybridized carbons (Fsp3) is 0.632. The first-order valence-corrected chi connectivity index (χ1v) is 8.23. The molecule has 1 aliphatic carbocycles. The number of rotatable bonds is 6. The van der Waals surface area contributed by atoms with Crippen LogP contribution < -0.4 is 0 Å². The van der Waals surface area contributed by atoms with E-state index in [4.69, 9.17) is 9.47 Å². The SMILES string of the molecule is COC1CCCC1(Cc1ccc(C)cc1)C(=O)OCC(C)C. The van der Waals surface area contributed by atoms with E-state index >= 15 is 0 Å². The summed E-state index contributed by atoms with van der Waals surface area (Å²) in [4.78, 5) is 12.8. The van der Waals surface area contributed by atoms with E-state index in [-0.39, 0.29) is 12.1 Å². The predicted molar refractivity (Wildman–Crippen MR) is 87.8 cm³/mol. The average Bonchev–Trinajstić information content (AvgIpc) is 2.91. The van der Waals surface area contributed by atoms with Gasteiger partial charge in [0.05, 0.1) is 18.1 Å². The largest absolute Gasteiger partial charge is 0.465 e. The number of carbonyl (C=O) groups is 1. The maximum atomic E-state index is 12.8. The molecule has 0 aliphatic heterocycles. The van der Waals surface area contributed by atoms with Gasteiger partial charge >= 0.3 is 5.97 Å². The van der Waals surface area contributed by atoms with Gasteiger partial charge in [-0.25, -0.2) is 0 Å². The van der Waals surface area contributed by atoms with Crippen molar-refractivity contribution in [1.82, 2.24) is 0 Å². The van der Waals surface area contributed by atoms with Crippen molar-refractivity contribution in [2.75, 3.05) is 13.7 Å². The molecular weight excluding hydrogens is 276 g/mol. The van der Waals surface area contributed by atoms with Gasteiger partial charge in [-0.1, -0.05) is 43.7 Å². The Morgan fingerprint density at radius 3 is 2.59 bits per heavy atom. The number of benzene rings is 1. The maximum absolute atomic E-state index is 12.8. The molecule has 0 heterocycles. The summed E-state index contributed by atoms with van der Waals surface area (Å²) >= 11 is 0. The highest BCUT2D eigenvalue weighted by Crippen LogP contribution is 2.44. The molecule has 0 spiro atoms. The summed E-state index contributed by atoms with van der Waals surface area (Å²) in [5.41, 5.74) is 1.88. The van der Waals surface area contributed by atoms with Crippen molar-refractivity contribution >= 4 is 5.97 Å². The summed E-state index contributed by atoms with van der Waals surface area (Å²) in [6, 6.07) is 8.41. The highest BCUT2D eigenvalue weighted by Gasteiger charge is 2.50. The van der Waals surface area contributed by atoms with Crippen LogP contribution in [0.4, 0.5) is 0 Å². The monoisotopic (exact) mass is 304 g/mol. The van der Waals surface area contributed by atoms with Crippen LogP contribution in [-0.2, 0) is 20.7 Å². The number of carbonyl (C=O) groups excluding carboxylic acids is 1. The summed E-state index contributed by atoms with van der Waals surface area (Å²) in [6.45, 7) is 6.67. The summed E-state index contributed by atoms with van der Waals surface area (Å²) in [5, 5.41) is 0. The van der Waals surface area contributed by atoms with Crippen LogP contribution in [0.15, 0.2) is 24.3 Å². The van der Waals surface area contributed by atoms with Crippen molar-refractivity contribution in [1.29, 1.82) is 0 Å². The second kappa shape index (κ2) is 7.28. The lowest BCUT2D eigenvalue weighted by atomic mass is 9.78. The van der Waals surface area contributed by atoms with E-state index in [0.29, 0.717) is 18.9 Å². The topological polar surface area (TPSA) is 35.5 Å². The number of hydrogen-bond acceptors (Lipinski definition) is 3. The molecule has 22 heavy (non-hydrogen) atoms. The fourth-order valence-corrected chi connectivity index (χ4v) is 3.35. The minimum atomic E-state index is -0.529. The van der Waals surface area contributed by atoms with Crippen molar-refractivity contribution in [3.8, 4) is 0 Å². The number of esters is 1. The second-order valence-corrected chi connectivity index (χ2v) is 6.93. The van der Waals surface area contributed by atoms with E-state index in [2.05, 4.69) is 45.0 Å². The van der Waals surface area contributed by atoms with Crippen LogP contribution in [0.2, 0.25) is 0 Å². The molecule has 0 N–H and O–H groups in total. The lowest BCUT2D eigenvalue weighted by Crippen LogP contribution is -2.43. The van der Waals surface area contributed by atoms with Gasteiger partial charge in [0.2, 0.25) is 0 Å². The Kier molecular flexibility index (Phi) is 5.63. The fourth-order valence-electron chi connectivity index (χ4n) is 3.35. The molecule has 0 aromatic heterocycles. The van der Waals surface area contributed by atoms with Crippen molar-refractivity contribution in [3.63, 3.8) is 0 Å². The van der Waals surface area contributed by atoms with E-state index in [0.717, 1.165) is 19.3 Å². The lowest BCUT2D eigenvalue weighted by Gasteiger charge is -2.32. The van der Waals surface area contributed by atoms with Gasteiger partial charge in [-0.15, -0.1) is 0 Å². The first-order chi connectivity index (χ1) is 10.5. The van der Waals surface area contributed by atoms with Gasteiger partial charge in [0.25, 0.3) is 0 Å².